The second-order valence-corrected chi connectivity index (χ2v) is 6.32. The van der Waals surface area contributed by atoms with Crippen LogP contribution in [0.15, 0.2) is 28.7 Å². The summed E-state index contributed by atoms with van der Waals surface area (Å²) in [6.07, 6.45) is 2.91. The molecule has 4 nitrogen and oxygen atoms in total. The third-order valence-electron chi connectivity index (χ3n) is 3.49. The molecule has 2 aromatic rings. The van der Waals surface area contributed by atoms with E-state index in [2.05, 4.69) is 20.9 Å². The van der Waals surface area contributed by atoms with Crippen molar-refractivity contribution < 1.29 is 9.53 Å². The van der Waals surface area contributed by atoms with Gasteiger partial charge in [0, 0.05) is 34.0 Å². The molecule has 0 atom stereocenters. The van der Waals surface area contributed by atoms with Gasteiger partial charge >= 0.3 is 6.09 Å². The topological polar surface area (TPSA) is 42.4 Å². The Morgan fingerprint density at radius 1 is 1.24 bits per heavy atom. The van der Waals surface area contributed by atoms with E-state index in [4.69, 9.17) is 16.3 Å². The van der Waals surface area contributed by atoms with Crippen molar-refractivity contribution >= 4 is 44.5 Å². The second-order valence-electron chi connectivity index (χ2n) is 5.02. The summed E-state index contributed by atoms with van der Waals surface area (Å²) in [6.45, 7) is 1.51. The zero-order valence-corrected chi connectivity index (χ0v) is 13.7. The Bertz CT molecular complexity index is 687. The molecule has 1 aromatic carbocycles. The van der Waals surface area contributed by atoms with E-state index < -0.39 is 0 Å². The number of piperidine rings is 1. The van der Waals surface area contributed by atoms with Crippen molar-refractivity contribution in [2.75, 3.05) is 13.1 Å². The van der Waals surface area contributed by atoms with Crippen molar-refractivity contribution in [3.8, 4) is 5.88 Å². The SMILES string of the molecule is O=C(Oc1ccc2cc(Cl)cc(Br)c2n1)N1CCCCC1. The van der Waals surface area contributed by atoms with Crippen molar-refractivity contribution in [1.82, 2.24) is 9.88 Å². The highest BCUT2D eigenvalue weighted by atomic mass is 79.9. The van der Waals surface area contributed by atoms with E-state index in [1.807, 2.05) is 12.1 Å². The number of rotatable bonds is 1. The van der Waals surface area contributed by atoms with Gasteiger partial charge in [-0.25, -0.2) is 9.78 Å². The van der Waals surface area contributed by atoms with Gasteiger partial charge in [0.05, 0.1) is 5.52 Å². The minimum Gasteiger partial charge on any atom is -0.391 e. The van der Waals surface area contributed by atoms with Gasteiger partial charge < -0.3 is 9.64 Å². The van der Waals surface area contributed by atoms with Crippen LogP contribution in [0.25, 0.3) is 10.9 Å². The molecule has 2 heterocycles. The summed E-state index contributed by atoms with van der Waals surface area (Å²) in [6, 6.07) is 7.13. The number of carbonyl (C=O) groups is 1. The number of pyridine rings is 1. The van der Waals surface area contributed by atoms with E-state index >= 15 is 0 Å². The van der Waals surface area contributed by atoms with E-state index in [9.17, 15) is 4.79 Å². The molecule has 0 aliphatic carbocycles. The van der Waals surface area contributed by atoms with Gasteiger partial charge in [-0.1, -0.05) is 11.6 Å². The maximum absolute atomic E-state index is 12.1. The van der Waals surface area contributed by atoms with Gasteiger partial charge in [-0.05, 0) is 53.4 Å². The van der Waals surface area contributed by atoms with E-state index in [1.54, 1.807) is 17.0 Å². The Kier molecular flexibility index (Phi) is 4.31. The van der Waals surface area contributed by atoms with Crippen LogP contribution in [0.4, 0.5) is 4.79 Å². The quantitative estimate of drug-likeness (QED) is 0.735. The van der Waals surface area contributed by atoms with Crippen molar-refractivity contribution in [2.24, 2.45) is 0 Å². The number of fused-ring (bicyclic) bond motifs is 1. The van der Waals surface area contributed by atoms with E-state index in [1.165, 1.54) is 6.42 Å². The Morgan fingerprint density at radius 3 is 2.76 bits per heavy atom. The molecule has 1 aliphatic heterocycles. The van der Waals surface area contributed by atoms with Crippen LogP contribution >= 0.6 is 27.5 Å². The predicted molar refractivity (Wildman–Crippen MR) is 85.9 cm³/mol. The minimum atomic E-state index is -0.327. The number of nitrogens with zero attached hydrogens (tertiary/aromatic N) is 2. The van der Waals surface area contributed by atoms with E-state index in [0.717, 1.165) is 41.3 Å². The fourth-order valence-corrected chi connectivity index (χ4v) is 3.35. The van der Waals surface area contributed by atoms with Gasteiger partial charge in [0.2, 0.25) is 5.88 Å². The zero-order valence-electron chi connectivity index (χ0n) is 11.3. The number of amides is 1. The number of likely N-dealkylation sites (tertiary alicyclic amines) is 1. The molecule has 21 heavy (non-hydrogen) atoms. The molecule has 0 bridgehead atoms. The lowest BCUT2D eigenvalue weighted by atomic mass is 10.1. The first-order chi connectivity index (χ1) is 10.1. The number of hydrogen-bond donors (Lipinski definition) is 0. The molecular formula is C15H14BrClN2O2. The number of aromatic nitrogens is 1. The van der Waals surface area contributed by atoms with Gasteiger partial charge in [-0.2, -0.15) is 0 Å². The monoisotopic (exact) mass is 368 g/mol. The molecule has 1 saturated heterocycles. The van der Waals surface area contributed by atoms with Crippen LogP contribution in [-0.2, 0) is 0 Å². The third-order valence-corrected chi connectivity index (χ3v) is 4.31. The fraction of sp³-hybridized carbons (Fsp3) is 0.333. The smallest absolute Gasteiger partial charge is 0.391 e. The van der Waals surface area contributed by atoms with Gasteiger partial charge in [-0.3, -0.25) is 0 Å². The van der Waals surface area contributed by atoms with Gasteiger partial charge in [0.15, 0.2) is 0 Å². The number of halogens is 2. The van der Waals surface area contributed by atoms with Crippen molar-refractivity contribution in [1.29, 1.82) is 0 Å². The zero-order chi connectivity index (χ0) is 14.8. The number of ether oxygens (including phenoxy) is 1. The van der Waals surface area contributed by atoms with Crippen LogP contribution < -0.4 is 4.74 Å². The Morgan fingerprint density at radius 2 is 2.00 bits per heavy atom. The molecule has 1 aliphatic rings. The molecule has 6 heteroatoms. The summed E-state index contributed by atoms with van der Waals surface area (Å²) < 4.78 is 6.15. The van der Waals surface area contributed by atoms with Gasteiger partial charge in [0.1, 0.15) is 0 Å². The number of benzene rings is 1. The van der Waals surface area contributed by atoms with E-state index in [0.29, 0.717) is 10.9 Å². The van der Waals surface area contributed by atoms with Crippen molar-refractivity contribution in [3.63, 3.8) is 0 Å². The number of hydrogen-bond acceptors (Lipinski definition) is 3. The molecule has 3 rings (SSSR count). The first kappa shape index (κ1) is 14.6. The molecule has 110 valence electrons. The average Bonchev–Trinajstić information content (AvgIpc) is 2.48. The summed E-state index contributed by atoms with van der Waals surface area (Å²) in [4.78, 5) is 18.2. The highest BCUT2D eigenvalue weighted by molar-refractivity contribution is 9.10. The summed E-state index contributed by atoms with van der Waals surface area (Å²) >= 11 is 9.43. The molecule has 1 fully saturated rings. The molecule has 0 saturated carbocycles. The lowest BCUT2D eigenvalue weighted by Crippen LogP contribution is -2.37. The lowest BCUT2D eigenvalue weighted by molar-refractivity contribution is 0.141. The van der Waals surface area contributed by atoms with Crippen LogP contribution in [0.1, 0.15) is 19.3 Å². The standard InChI is InChI=1S/C15H14BrClN2O2/c16-12-9-11(17)8-10-4-5-13(18-14(10)12)21-15(20)19-6-2-1-3-7-19/h4-5,8-9H,1-3,6-7H2. The third kappa shape index (κ3) is 3.30. The van der Waals surface area contributed by atoms with Gasteiger partial charge in [-0.15, -0.1) is 0 Å². The molecule has 1 aromatic heterocycles. The maximum atomic E-state index is 12.1. The fourth-order valence-electron chi connectivity index (χ4n) is 2.43. The highest BCUT2D eigenvalue weighted by Gasteiger charge is 2.19. The first-order valence-corrected chi connectivity index (χ1v) is 8.03. The molecule has 0 radical (unpaired) electrons. The maximum Gasteiger partial charge on any atom is 0.416 e. The van der Waals surface area contributed by atoms with Crippen LogP contribution in [0.3, 0.4) is 0 Å². The molecule has 0 N–H and O–H groups in total. The molecule has 0 spiro atoms. The summed E-state index contributed by atoms with van der Waals surface area (Å²) in [5.74, 6) is 0.307. The summed E-state index contributed by atoms with van der Waals surface area (Å²) in [5.41, 5.74) is 0.725. The summed E-state index contributed by atoms with van der Waals surface area (Å²) in [5, 5.41) is 1.53. The molecule has 0 unspecified atom stereocenters. The van der Waals surface area contributed by atoms with E-state index in [-0.39, 0.29) is 6.09 Å². The van der Waals surface area contributed by atoms with Crippen molar-refractivity contribution in [3.05, 3.63) is 33.8 Å². The highest BCUT2D eigenvalue weighted by Crippen LogP contribution is 2.28. The van der Waals surface area contributed by atoms with Gasteiger partial charge in [0.25, 0.3) is 0 Å². The molecule has 1 amide bonds. The number of carbonyl (C=O) groups excluding carboxylic acids is 1. The minimum absolute atomic E-state index is 0.307. The summed E-state index contributed by atoms with van der Waals surface area (Å²) in [7, 11) is 0. The normalized spacial score (nSPS) is 15.2. The predicted octanol–water partition coefficient (Wildman–Crippen LogP) is 4.64. The largest absolute Gasteiger partial charge is 0.416 e. The van der Waals surface area contributed by atoms with Crippen molar-refractivity contribution in [2.45, 2.75) is 19.3 Å². The average molecular weight is 370 g/mol. The first-order valence-electron chi connectivity index (χ1n) is 6.86. The van der Waals surface area contributed by atoms with Crippen LogP contribution in [-0.4, -0.2) is 29.1 Å². The Hall–Kier alpha value is -1.33. The van der Waals surface area contributed by atoms with Crippen LogP contribution in [0, 0.1) is 0 Å². The Balaban J connectivity index is 1.82. The second kappa shape index (κ2) is 6.20. The molecular weight excluding hydrogens is 356 g/mol. The lowest BCUT2D eigenvalue weighted by Gasteiger charge is -2.25. The Labute approximate surface area is 136 Å². The van der Waals surface area contributed by atoms with Crippen LogP contribution in [0.5, 0.6) is 5.88 Å². The van der Waals surface area contributed by atoms with Crippen LogP contribution in [0.2, 0.25) is 5.02 Å².